The lowest BCUT2D eigenvalue weighted by atomic mass is 10.4. The van der Waals surface area contributed by atoms with E-state index < -0.39 is 0 Å². The Bertz CT molecular complexity index is 398. The van der Waals surface area contributed by atoms with Crippen molar-refractivity contribution in [1.29, 1.82) is 0 Å². The Morgan fingerprint density at radius 2 is 2.19 bits per heavy atom. The van der Waals surface area contributed by atoms with Crippen molar-refractivity contribution in [2.75, 3.05) is 25.0 Å². The third kappa shape index (κ3) is 3.08. The van der Waals surface area contributed by atoms with Gasteiger partial charge in [0.1, 0.15) is 0 Å². The van der Waals surface area contributed by atoms with Crippen LogP contribution in [-0.2, 0) is 4.79 Å². The number of carbonyl (C=O) groups is 1. The Morgan fingerprint density at radius 1 is 1.50 bits per heavy atom. The predicted molar refractivity (Wildman–Crippen MR) is 61.3 cm³/mol. The van der Waals surface area contributed by atoms with Gasteiger partial charge in [-0.15, -0.1) is 0 Å². The molecule has 0 unspecified atom stereocenters. The number of aromatic nitrogens is 2. The lowest BCUT2D eigenvalue weighted by Crippen LogP contribution is -2.36. The van der Waals surface area contributed by atoms with Gasteiger partial charge in [0.15, 0.2) is 5.82 Å². The molecule has 1 rings (SSSR count). The molecule has 1 amide bonds. The van der Waals surface area contributed by atoms with Crippen LogP contribution in [0.5, 0.6) is 0 Å². The third-order valence-electron chi connectivity index (χ3n) is 2.23. The molecule has 0 aliphatic carbocycles. The monoisotopic (exact) mass is 224 g/mol. The van der Waals surface area contributed by atoms with E-state index >= 15 is 0 Å². The van der Waals surface area contributed by atoms with E-state index in [2.05, 4.69) is 15.3 Å². The second kappa shape index (κ2) is 5.89. The minimum atomic E-state index is -0.324. The van der Waals surface area contributed by atoms with Crippen molar-refractivity contribution in [2.45, 2.75) is 13.8 Å². The van der Waals surface area contributed by atoms with Crippen LogP contribution in [0, 0.1) is 0 Å². The van der Waals surface area contributed by atoms with Gasteiger partial charge in [-0.3, -0.25) is 9.59 Å². The average molecular weight is 224 g/mol. The number of rotatable bonds is 5. The molecule has 0 spiro atoms. The maximum absolute atomic E-state index is 11.6. The first kappa shape index (κ1) is 12.2. The van der Waals surface area contributed by atoms with Crippen LogP contribution in [0.2, 0.25) is 0 Å². The zero-order valence-electron chi connectivity index (χ0n) is 9.49. The predicted octanol–water partition coefficient (Wildman–Crippen LogP) is 0.0502. The second-order valence-electron chi connectivity index (χ2n) is 3.19. The zero-order chi connectivity index (χ0) is 12.0. The van der Waals surface area contributed by atoms with Crippen molar-refractivity contribution in [3.8, 4) is 0 Å². The Hall–Kier alpha value is -1.85. The zero-order valence-corrected chi connectivity index (χ0v) is 9.49. The number of likely N-dealkylation sites (N-methyl/N-ethyl adjacent to an activating group) is 1. The van der Waals surface area contributed by atoms with Crippen molar-refractivity contribution in [3.63, 3.8) is 0 Å². The molecular weight excluding hydrogens is 208 g/mol. The number of carbonyl (C=O) groups excluding carboxylic acids is 1. The van der Waals surface area contributed by atoms with Gasteiger partial charge in [-0.05, 0) is 13.8 Å². The summed E-state index contributed by atoms with van der Waals surface area (Å²) in [6.45, 7) is 5.23. The lowest BCUT2D eigenvalue weighted by Gasteiger charge is -2.18. The number of H-pyrrole nitrogens is 1. The molecule has 0 fully saturated rings. The van der Waals surface area contributed by atoms with E-state index in [9.17, 15) is 9.59 Å². The van der Waals surface area contributed by atoms with Gasteiger partial charge in [-0.25, -0.2) is 4.98 Å². The molecule has 1 heterocycles. The average Bonchev–Trinajstić information content (AvgIpc) is 2.29. The first-order valence-electron chi connectivity index (χ1n) is 5.24. The quantitative estimate of drug-likeness (QED) is 0.740. The number of aromatic amines is 1. The van der Waals surface area contributed by atoms with Crippen molar-refractivity contribution in [3.05, 3.63) is 22.7 Å². The number of nitrogens with one attached hydrogen (secondary N) is 2. The van der Waals surface area contributed by atoms with Crippen LogP contribution in [0.3, 0.4) is 0 Å². The van der Waals surface area contributed by atoms with Crippen LogP contribution in [0.25, 0.3) is 0 Å². The maximum Gasteiger partial charge on any atom is 0.290 e. The summed E-state index contributed by atoms with van der Waals surface area (Å²) < 4.78 is 0. The molecule has 0 aliphatic rings. The molecule has 0 bridgehead atoms. The summed E-state index contributed by atoms with van der Waals surface area (Å²) in [7, 11) is 0. The highest BCUT2D eigenvalue weighted by Crippen LogP contribution is 1.92. The molecule has 16 heavy (non-hydrogen) atoms. The third-order valence-corrected chi connectivity index (χ3v) is 2.23. The Labute approximate surface area is 93.7 Å². The Morgan fingerprint density at radius 3 is 2.75 bits per heavy atom. The first-order chi connectivity index (χ1) is 7.69. The molecule has 1 aromatic rings. The van der Waals surface area contributed by atoms with Gasteiger partial charge >= 0.3 is 0 Å². The number of anilines is 1. The van der Waals surface area contributed by atoms with Gasteiger partial charge < -0.3 is 15.2 Å². The smallest absolute Gasteiger partial charge is 0.290 e. The number of hydrogen-bond donors (Lipinski definition) is 2. The van der Waals surface area contributed by atoms with Crippen molar-refractivity contribution < 1.29 is 4.79 Å². The van der Waals surface area contributed by atoms with Crippen molar-refractivity contribution >= 4 is 11.7 Å². The van der Waals surface area contributed by atoms with Crippen LogP contribution in [-0.4, -0.2) is 40.4 Å². The fourth-order valence-electron chi connectivity index (χ4n) is 1.33. The van der Waals surface area contributed by atoms with E-state index in [1.165, 1.54) is 12.4 Å². The van der Waals surface area contributed by atoms with Gasteiger partial charge in [0, 0.05) is 25.5 Å². The van der Waals surface area contributed by atoms with Crippen LogP contribution >= 0.6 is 0 Å². The van der Waals surface area contributed by atoms with Gasteiger partial charge in [-0.1, -0.05) is 0 Å². The molecule has 0 atom stereocenters. The fraction of sp³-hybridized carbons (Fsp3) is 0.500. The number of amides is 1. The highest BCUT2D eigenvalue weighted by atomic mass is 16.2. The molecule has 6 nitrogen and oxygen atoms in total. The van der Waals surface area contributed by atoms with Gasteiger partial charge in [-0.2, -0.15) is 0 Å². The van der Waals surface area contributed by atoms with E-state index in [0.717, 1.165) is 0 Å². The summed E-state index contributed by atoms with van der Waals surface area (Å²) in [5.74, 6) is 0.123. The largest absolute Gasteiger partial charge is 0.356 e. The van der Waals surface area contributed by atoms with Crippen LogP contribution in [0.4, 0.5) is 5.82 Å². The highest BCUT2D eigenvalue weighted by Gasteiger charge is 2.09. The molecule has 0 saturated carbocycles. The van der Waals surface area contributed by atoms with Crippen LogP contribution < -0.4 is 10.9 Å². The first-order valence-corrected chi connectivity index (χ1v) is 5.24. The number of hydrogen-bond acceptors (Lipinski definition) is 4. The van der Waals surface area contributed by atoms with E-state index in [0.29, 0.717) is 13.1 Å². The van der Waals surface area contributed by atoms with E-state index in [4.69, 9.17) is 0 Å². The van der Waals surface area contributed by atoms with Gasteiger partial charge in [0.25, 0.3) is 5.56 Å². The topological polar surface area (TPSA) is 78.1 Å². The summed E-state index contributed by atoms with van der Waals surface area (Å²) in [6, 6.07) is 0. The Balaban J connectivity index is 2.55. The normalized spacial score (nSPS) is 9.88. The molecule has 0 saturated heterocycles. The molecule has 0 aliphatic heterocycles. The summed E-state index contributed by atoms with van der Waals surface area (Å²) in [6.07, 6.45) is 2.91. The molecule has 0 aromatic carbocycles. The summed E-state index contributed by atoms with van der Waals surface area (Å²) in [4.78, 5) is 30.8. The van der Waals surface area contributed by atoms with Crippen LogP contribution in [0.1, 0.15) is 13.8 Å². The van der Waals surface area contributed by atoms with Crippen LogP contribution in [0.15, 0.2) is 17.2 Å². The standard InChI is InChI=1S/C10H16N4O2/c1-3-14(4-2)8(15)7-13-9-10(16)12-6-5-11-9/h5-6H,3-4,7H2,1-2H3,(H,11,13)(H,12,16). The minimum absolute atomic E-state index is 0.0462. The van der Waals surface area contributed by atoms with E-state index in [1.807, 2.05) is 13.8 Å². The molecule has 0 radical (unpaired) electrons. The van der Waals surface area contributed by atoms with Gasteiger partial charge in [0.2, 0.25) is 5.91 Å². The second-order valence-corrected chi connectivity index (χ2v) is 3.19. The number of nitrogens with zero attached hydrogens (tertiary/aromatic N) is 2. The molecule has 1 aromatic heterocycles. The SMILES string of the molecule is CCN(CC)C(=O)CNc1ncc[nH]c1=O. The van der Waals surface area contributed by atoms with E-state index in [-0.39, 0.29) is 23.8 Å². The minimum Gasteiger partial charge on any atom is -0.356 e. The van der Waals surface area contributed by atoms with E-state index in [1.54, 1.807) is 4.90 Å². The summed E-state index contributed by atoms with van der Waals surface area (Å²) in [5, 5.41) is 2.72. The summed E-state index contributed by atoms with van der Waals surface area (Å²) in [5.41, 5.74) is -0.324. The molecule has 88 valence electrons. The lowest BCUT2D eigenvalue weighted by molar-refractivity contribution is -0.128. The van der Waals surface area contributed by atoms with Crippen molar-refractivity contribution in [2.24, 2.45) is 0 Å². The van der Waals surface area contributed by atoms with Gasteiger partial charge in [0.05, 0.1) is 6.54 Å². The molecule has 2 N–H and O–H groups in total. The Kier molecular flexibility index (Phi) is 4.50. The highest BCUT2D eigenvalue weighted by molar-refractivity contribution is 5.80. The molecule has 6 heteroatoms. The molecular formula is C10H16N4O2. The maximum atomic E-state index is 11.6. The fourth-order valence-corrected chi connectivity index (χ4v) is 1.33. The summed E-state index contributed by atoms with van der Waals surface area (Å²) >= 11 is 0. The van der Waals surface area contributed by atoms with Crippen molar-refractivity contribution in [1.82, 2.24) is 14.9 Å².